The quantitative estimate of drug-likeness (QED) is 0.195. The summed E-state index contributed by atoms with van der Waals surface area (Å²) in [5.41, 5.74) is 4.72. The molecule has 0 fully saturated rings. The topological polar surface area (TPSA) is 115 Å². The zero-order valence-electron chi connectivity index (χ0n) is 23.4. The number of carboxylic acids is 1. The SMILES string of the molecule is CC(C)c1c(C(=O)Nc2ccccc2)c(-c2ccccc2)c(-c2ccc(F)cc2)n1CC[C@@H](O)C[C@@H](O)CC(=O)[O-].[Fe]. The van der Waals surface area contributed by atoms with E-state index in [9.17, 15) is 29.3 Å². The molecule has 0 aliphatic carbocycles. The number of para-hydroxylation sites is 1. The second kappa shape index (κ2) is 14.9. The van der Waals surface area contributed by atoms with E-state index >= 15 is 0 Å². The van der Waals surface area contributed by atoms with Gasteiger partial charge in [0.1, 0.15) is 5.82 Å². The minimum atomic E-state index is -1.39. The van der Waals surface area contributed by atoms with Gasteiger partial charge in [0.2, 0.25) is 0 Å². The maximum absolute atomic E-state index is 14.0. The molecule has 0 saturated heterocycles. The van der Waals surface area contributed by atoms with Crippen LogP contribution >= 0.6 is 0 Å². The van der Waals surface area contributed by atoms with Gasteiger partial charge in [-0.2, -0.15) is 0 Å². The number of carbonyl (C=O) groups is 2. The van der Waals surface area contributed by atoms with Crippen molar-refractivity contribution in [2.75, 3.05) is 5.32 Å². The predicted octanol–water partition coefficient (Wildman–Crippen LogP) is 4.98. The number of halogens is 1. The summed E-state index contributed by atoms with van der Waals surface area (Å²) in [6, 6.07) is 24.7. The fraction of sp³-hybridized carbons (Fsp3) is 0.273. The minimum absolute atomic E-state index is 0. The van der Waals surface area contributed by atoms with Gasteiger partial charge in [-0.1, -0.05) is 62.4 Å². The molecule has 0 aliphatic heterocycles. The van der Waals surface area contributed by atoms with Crippen LogP contribution in [0.3, 0.4) is 0 Å². The van der Waals surface area contributed by atoms with Crippen LogP contribution in [0.2, 0.25) is 0 Å². The Kier molecular flexibility index (Phi) is 11.6. The second-order valence-electron chi connectivity index (χ2n) is 10.4. The van der Waals surface area contributed by atoms with Gasteiger partial charge in [-0.05, 0) is 66.3 Å². The van der Waals surface area contributed by atoms with Crippen LogP contribution < -0.4 is 10.4 Å². The van der Waals surface area contributed by atoms with Crippen molar-refractivity contribution in [1.82, 2.24) is 4.57 Å². The van der Waals surface area contributed by atoms with Gasteiger partial charge in [0.15, 0.2) is 0 Å². The summed E-state index contributed by atoms with van der Waals surface area (Å²) in [5.74, 6) is -2.20. The molecule has 9 heteroatoms. The van der Waals surface area contributed by atoms with Gasteiger partial charge in [-0.15, -0.1) is 0 Å². The maximum Gasteiger partial charge on any atom is 0.258 e. The van der Waals surface area contributed by atoms with E-state index in [-0.39, 0.29) is 48.3 Å². The van der Waals surface area contributed by atoms with Crippen molar-refractivity contribution in [2.24, 2.45) is 0 Å². The monoisotopic (exact) mass is 613 g/mol. The molecule has 4 aromatic rings. The fourth-order valence-electron chi connectivity index (χ4n) is 5.19. The van der Waals surface area contributed by atoms with E-state index in [1.807, 2.05) is 66.9 Å². The van der Waals surface area contributed by atoms with Crippen molar-refractivity contribution < 1.29 is 46.4 Å². The molecule has 4 rings (SSSR count). The van der Waals surface area contributed by atoms with Gasteiger partial charge in [0, 0.05) is 52.9 Å². The molecule has 222 valence electrons. The van der Waals surface area contributed by atoms with E-state index in [1.54, 1.807) is 24.3 Å². The predicted molar refractivity (Wildman–Crippen MR) is 155 cm³/mol. The standard InChI is InChI=1S/C33H35FN2O5.Fe/c1-21(2)31-30(33(41)35-25-11-7-4-8-12-25)29(22-9-5-3-6-10-22)32(23-13-15-24(34)16-14-23)36(31)18-17-26(37)19-27(38)20-28(39)40;/h3-16,21,26-27,37-38H,17-20H2,1-2H3,(H,35,41)(H,39,40);/p-1/t26-,27-;/m1./s1. The summed E-state index contributed by atoms with van der Waals surface area (Å²) < 4.78 is 16.0. The van der Waals surface area contributed by atoms with Crippen LogP contribution in [0.15, 0.2) is 84.9 Å². The summed E-state index contributed by atoms with van der Waals surface area (Å²) in [5, 5.41) is 34.6. The molecular formula is C33H34FFeN2O5-. The molecule has 7 nitrogen and oxygen atoms in total. The first-order valence-electron chi connectivity index (χ1n) is 13.7. The van der Waals surface area contributed by atoms with Crippen molar-refractivity contribution in [3.8, 4) is 22.4 Å². The van der Waals surface area contributed by atoms with Crippen molar-refractivity contribution in [1.29, 1.82) is 0 Å². The maximum atomic E-state index is 14.0. The number of aromatic nitrogens is 1. The van der Waals surface area contributed by atoms with Crippen LogP contribution in [0.4, 0.5) is 10.1 Å². The van der Waals surface area contributed by atoms with Crippen molar-refractivity contribution in [3.05, 3.63) is 102 Å². The van der Waals surface area contributed by atoms with Crippen LogP contribution in [0, 0.1) is 5.82 Å². The number of carboxylic acid groups (broad SMARTS) is 1. The third kappa shape index (κ3) is 7.95. The van der Waals surface area contributed by atoms with Crippen LogP contribution in [-0.2, 0) is 28.4 Å². The molecule has 1 amide bonds. The number of benzene rings is 3. The summed E-state index contributed by atoms with van der Waals surface area (Å²) in [4.78, 5) is 24.9. The zero-order valence-corrected chi connectivity index (χ0v) is 24.5. The third-order valence-electron chi connectivity index (χ3n) is 6.92. The van der Waals surface area contributed by atoms with Crippen molar-refractivity contribution >= 4 is 17.6 Å². The molecule has 0 radical (unpaired) electrons. The van der Waals surface area contributed by atoms with Gasteiger partial charge in [-0.3, -0.25) is 4.79 Å². The minimum Gasteiger partial charge on any atom is -0.550 e. The zero-order chi connectivity index (χ0) is 29.5. The number of amides is 1. The summed E-state index contributed by atoms with van der Waals surface area (Å²) in [6.07, 6.45) is -2.77. The normalized spacial score (nSPS) is 12.4. The van der Waals surface area contributed by atoms with E-state index in [0.717, 1.165) is 11.3 Å². The average Bonchev–Trinajstić information content (AvgIpc) is 3.28. The van der Waals surface area contributed by atoms with E-state index in [1.165, 1.54) is 12.1 Å². The fourth-order valence-corrected chi connectivity index (χ4v) is 5.19. The molecule has 2 atom stereocenters. The van der Waals surface area contributed by atoms with Crippen LogP contribution in [0.1, 0.15) is 55.1 Å². The van der Waals surface area contributed by atoms with Crippen molar-refractivity contribution in [2.45, 2.75) is 57.8 Å². The van der Waals surface area contributed by atoms with E-state index in [4.69, 9.17) is 0 Å². The summed E-state index contributed by atoms with van der Waals surface area (Å²) in [7, 11) is 0. The molecular weight excluding hydrogens is 579 g/mol. The molecule has 0 unspecified atom stereocenters. The number of aliphatic carboxylic acids is 1. The number of rotatable bonds is 12. The Morgan fingerprint density at radius 2 is 1.48 bits per heavy atom. The number of hydrogen-bond donors (Lipinski definition) is 3. The van der Waals surface area contributed by atoms with Crippen LogP contribution in [0.5, 0.6) is 0 Å². The number of carbonyl (C=O) groups excluding carboxylic acids is 2. The molecule has 1 aromatic heterocycles. The molecule has 0 saturated carbocycles. The number of anilines is 1. The van der Waals surface area contributed by atoms with Crippen molar-refractivity contribution in [3.63, 3.8) is 0 Å². The number of nitrogens with zero attached hydrogens (tertiary/aromatic N) is 1. The van der Waals surface area contributed by atoms with Crippen LogP contribution in [0.25, 0.3) is 22.4 Å². The Labute approximate surface area is 255 Å². The first-order chi connectivity index (χ1) is 19.7. The summed E-state index contributed by atoms with van der Waals surface area (Å²) >= 11 is 0. The molecule has 0 bridgehead atoms. The number of aliphatic hydroxyl groups excluding tert-OH is 2. The van der Waals surface area contributed by atoms with Crippen LogP contribution in [-0.4, -0.2) is 38.9 Å². The largest absolute Gasteiger partial charge is 0.550 e. The third-order valence-corrected chi connectivity index (χ3v) is 6.92. The number of nitrogens with one attached hydrogen (secondary N) is 1. The van der Waals surface area contributed by atoms with E-state index in [0.29, 0.717) is 28.1 Å². The Morgan fingerprint density at radius 3 is 2.05 bits per heavy atom. The first-order valence-corrected chi connectivity index (χ1v) is 13.7. The van der Waals surface area contributed by atoms with Gasteiger partial charge in [0.05, 0.1) is 23.5 Å². The Hall–Kier alpha value is -3.75. The number of aliphatic hydroxyl groups is 2. The molecule has 0 spiro atoms. The van der Waals surface area contributed by atoms with E-state index < -0.39 is 30.4 Å². The van der Waals surface area contributed by atoms with Gasteiger partial charge in [0.25, 0.3) is 5.91 Å². The molecule has 3 N–H and O–H groups in total. The Bertz CT molecular complexity index is 1470. The molecule has 0 aliphatic rings. The van der Waals surface area contributed by atoms with Gasteiger partial charge < -0.3 is 30.0 Å². The smallest absolute Gasteiger partial charge is 0.258 e. The number of hydrogen-bond acceptors (Lipinski definition) is 5. The average molecular weight is 613 g/mol. The Balaban J connectivity index is 0.00000484. The summed E-state index contributed by atoms with van der Waals surface area (Å²) in [6.45, 7) is 4.22. The molecule has 1 heterocycles. The van der Waals surface area contributed by atoms with E-state index in [2.05, 4.69) is 5.32 Å². The van der Waals surface area contributed by atoms with Gasteiger partial charge >= 0.3 is 0 Å². The second-order valence-corrected chi connectivity index (χ2v) is 10.4. The first kappa shape index (κ1) is 32.8. The molecule has 3 aromatic carbocycles. The van der Waals surface area contributed by atoms with Gasteiger partial charge in [-0.25, -0.2) is 4.39 Å². The molecule has 42 heavy (non-hydrogen) atoms. The Morgan fingerprint density at radius 1 is 0.881 bits per heavy atom.